The molecule has 0 radical (unpaired) electrons. The fourth-order valence-corrected chi connectivity index (χ4v) is 1.63. The average molecular weight is 312 g/mol. The van der Waals surface area contributed by atoms with Crippen LogP contribution in [-0.4, -0.2) is 42.0 Å². The smallest absolute Gasteiger partial charge is 0.325 e. The first-order valence-corrected chi connectivity index (χ1v) is 6.77. The highest BCUT2D eigenvalue weighted by Gasteiger charge is 2.23. The van der Waals surface area contributed by atoms with Crippen molar-refractivity contribution in [2.75, 3.05) is 13.2 Å². The van der Waals surface area contributed by atoms with Crippen LogP contribution in [-0.2, 0) is 14.3 Å². The number of carbonyl (C=O) groups excluding carboxylic acids is 3. The largest absolute Gasteiger partial charge is 0.454 e. The van der Waals surface area contributed by atoms with Gasteiger partial charge in [-0.2, -0.15) is 0 Å². The average Bonchev–Trinajstić information content (AvgIpc) is 3.26. The van der Waals surface area contributed by atoms with Crippen molar-refractivity contribution >= 4 is 29.4 Å². The fraction of sp³-hybridized carbons (Fsp3) is 0.385. The molecule has 8 heteroatoms. The van der Waals surface area contributed by atoms with Gasteiger partial charge >= 0.3 is 5.97 Å². The van der Waals surface area contributed by atoms with Crippen LogP contribution in [0.4, 0.5) is 0 Å². The molecular weight excluding hydrogens is 298 g/mol. The van der Waals surface area contributed by atoms with Gasteiger partial charge in [-0.25, -0.2) is 0 Å². The molecule has 0 aliphatic heterocycles. The zero-order chi connectivity index (χ0) is 15.2. The van der Waals surface area contributed by atoms with Crippen molar-refractivity contribution < 1.29 is 19.1 Å². The van der Waals surface area contributed by atoms with Gasteiger partial charge in [-0.1, -0.05) is 11.6 Å². The van der Waals surface area contributed by atoms with Crippen molar-refractivity contribution in [2.45, 2.75) is 18.9 Å². The van der Waals surface area contributed by atoms with Crippen molar-refractivity contribution in [1.82, 2.24) is 15.6 Å². The molecular formula is C13H14ClN3O4. The van der Waals surface area contributed by atoms with E-state index in [-0.39, 0.29) is 30.8 Å². The topological polar surface area (TPSA) is 97.4 Å². The third kappa shape index (κ3) is 5.39. The van der Waals surface area contributed by atoms with Crippen LogP contribution in [0.3, 0.4) is 0 Å². The van der Waals surface area contributed by atoms with E-state index in [4.69, 9.17) is 16.3 Å². The molecule has 1 aromatic rings. The number of amides is 2. The van der Waals surface area contributed by atoms with Crippen LogP contribution >= 0.6 is 11.6 Å². The second kappa shape index (κ2) is 7.03. The summed E-state index contributed by atoms with van der Waals surface area (Å²) in [6.07, 6.45) is 3.31. The normalized spacial score (nSPS) is 13.4. The zero-order valence-corrected chi connectivity index (χ0v) is 11.9. The number of rotatable bonds is 6. The molecule has 1 aromatic heterocycles. The molecule has 112 valence electrons. The van der Waals surface area contributed by atoms with Crippen molar-refractivity contribution in [1.29, 1.82) is 0 Å². The molecule has 1 fully saturated rings. The maximum Gasteiger partial charge on any atom is 0.325 e. The molecule has 2 amide bonds. The molecule has 0 bridgehead atoms. The Morgan fingerprint density at radius 3 is 2.81 bits per heavy atom. The number of halogens is 1. The van der Waals surface area contributed by atoms with E-state index < -0.39 is 11.9 Å². The number of nitrogens with zero attached hydrogens (tertiary/aromatic N) is 1. The maximum absolute atomic E-state index is 11.7. The lowest BCUT2D eigenvalue weighted by molar-refractivity contribution is -0.147. The second-order valence-electron chi connectivity index (χ2n) is 4.54. The van der Waals surface area contributed by atoms with E-state index in [2.05, 4.69) is 15.6 Å². The van der Waals surface area contributed by atoms with E-state index in [1.54, 1.807) is 0 Å². The molecule has 1 saturated carbocycles. The van der Waals surface area contributed by atoms with Gasteiger partial charge in [0.25, 0.3) is 11.8 Å². The first kappa shape index (κ1) is 15.2. The van der Waals surface area contributed by atoms with Gasteiger partial charge in [0, 0.05) is 17.3 Å². The molecule has 0 unspecified atom stereocenters. The summed E-state index contributed by atoms with van der Waals surface area (Å²) < 4.78 is 4.73. The number of hydrogen-bond donors (Lipinski definition) is 2. The van der Waals surface area contributed by atoms with Crippen molar-refractivity contribution in [3.8, 4) is 0 Å². The van der Waals surface area contributed by atoms with Gasteiger partial charge in [0.2, 0.25) is 0 Å². The Morgan fingerprint density at radius 1 is 1.38 bits per heavy atom. The van der Waals surface area contributed by atoms with Crippen LogP contribution in [0, 0.1) is 0 Å². The highest BCUT2D eigenvalue weighted by atomic mass is 35.5. The van der Waals surface area contributed by atoms with Crippen molar-refractivity contribution in [3.63, 3.8) is 0 Å². The molecule has 2 N–H and O–H groups in total. The van der Waals surface area contributed by atoms with Crippen LogP contribution in [0.25, 0.3) is 0 Å². The summed E-state index contributed by atoms with van der Waals surface area (Å²) >= 11 is 5.73. The van der Waals surface area contributed by atoms with E-state index in [0.29, 0.717) is 5.02 Å². The first-order valence-electron chi connectivity index (χ1n) is 6.39. The first-order chi connectivity index (χ1) is 10.0. The van der Waals surface area contributed by atoms with E-state index in [1.165, 1.54) is 18.3 Å². The fourth-order valence-electron chi connectivity index (χ4n) is 1.47. The quantitative estimate of drug-likeness (QED) is 0.736. The lowest BCUT2D eigenvalue weighted by Crippen LogP contribution is -2.34. The van der Waals surface area contributed by atoms with E-state index >= 15 is 0 Å². The SMILES string of the molecule is O=C(COC(=O)CNC(=O)c1cc(Cl)ccn1)NC1CC1. The highest BCUT2D eigenvalue weighted by Crippen LogP contribution is 2.18. The van der Waals surface area contributed by atoms with Gasteiger partial charge in [0.05, 0.1) is 0 Å². The Kier molecular flexibility index (Phi) is 5.10. The van der Waals surface area contributed by atoms with E-state index in [9.17, 15) is 14.4 Å². The van der Waals surface area contributed by atoms with Crippen LogP contribution in [0.1, 0.15) is 23.3 Å². The molecule has 1 aliphatic rings. The van der Waals surface area contributed by atoms with Crippen molar-refractivity contribution in [3.05, 3.63) is 29.0 Å². The van der Waals surface area contributed by atoms with Crippen LogP contribution in [0.5, 0.6) is 0 Å². The molecule has 1 aliphatic carbocycles. The summed E-state index contributed by atoms with van der Waals surface area (Å²) in [5.41, 5.74) is 0.0989. The number of carbonyl (C=O) groups is 3. The summed E-state index contributed by atoms with van der Waals surface area (Å²) in [5, 5.41) is 5.38. The third-order valence-corrected chi connectivity index (χ3v) is 2.89. The predicted molar refractivity (Wildman–Crippen MR) is 73.7 cm³/mol. The van der Waals surface area contributed by atoms with Gasteiger partial charge in [-0.15, -0.1) is 0 Å². The molecule has 7 nitrogen and oxygen atoms in total. The number of hydrogen-bond acceptors (Lipinski definition) is 5. The molecule has 0 aromatic carbocycles. The lowest BCUT2D eigenvalue weighted by atomic mass is 10.3. The van der Waals surface area contributed by atoms with Crippen LogP contribution < -0.4 is 10.6 Å². The van der Waals surface area contributed by atoms with Gasteiger partial charge < -0.3 is 15.4 Å². The monoisotopic (exact) mass is 311 g/mol. The molecule has 1 heterocycles. The Morgan fingerprint density at radius 2 is 2.14 bits per heavy atom. The standard InChI is InChI=1S/C13H14ClN3O4/c14-8-3-4-15-10(5-8)13(20)16-6-12(19)21-7-11(18)17-9-1-2-9/h3-5,9H,1-2,6-7H2,(H,16,20)(H,17,18). The lowest BCUT2D eigenvalue weighted by Gasteiger charge is -2.06. The summed E-state index contributed by atoms with van der Waals surface area (Å²) in [6.45, 7) is -0.690. The van der Waals surface area contributed by atoms with Gasteiger partial charge in [-0.05, 0) is 25.0 Å². The highest BCUT2D eigenvalue weighted by molar-refractivity contribution is 6.30. The Balaban J connectivity index is 1.68. The summed E-state index contributed by atoms with van der Waals surface area (Å²) in [7, 11) is 0. The minimum absolute atomic E-state index is 0.0989. The minimum atomic E-state index is -0.698. The van der Waals surface area contributed by atoms with Crippen LogP contribution in [0.15, 0.2) is 18.3 Å². The maximum atomic E-state index is 11.7. The number of pyridine rings is 1. The van der Waals surface area contributed by atoms with E-state index in [0.717, 1.165) is 12.8 Å². The van der Waals surface area contributed by atoms with E-state index in [1.807, 2.05) is 0 Å². The third-order valence-electron chi connectivity index (χ3n) is 2.65. The number of nitrogens with one attached hydrogen (secondary N) is 2. The molecule has 0 spiro atoms. The second-order valence-corrected chi connectivity index (χ2v) is 4.98. The number of ether oxygens (including phenoxy) is 1. The summed E-state index contributed by atoms with van der Waals surface area (Å²) in [5.74, 6) is -1.58. The predicted octanol–water partition coefficient (Wildman–Crippen LogP) is 0.287. The molecule has 0 atom stereocenters. The Bertz CT molecular complexity index is 560. The Labute approximate surface area is 126 Å². The van der Waals surface area contributed by atoms with Gasteiger partial charge in [0.1, 0.15) is 12.2 Å². The summed E-state index contributed by atoms with van der Waals surface area (Å²) in [6, 6.07) is 3.13. The molecule has 0 saturated heterocycles. The number of aromatic nitrogens is 1. The zero-order valence-electron chi connectivity index (χ0n) is 11.1. The van der Waals surface area contributed by atoms with Crippen LogP contribution in [0.2, 0.25) is 5.02 Å². The summed E-state index contributed by atoms with van der Waals surface area (Å²) in [4.78, 5) is 38.2. The minimum Gasteiger partial charge on any atom is -0.454 e. The molecule has 2 rings (SSSR count). The van der Waals surface area contributed by atoms with Gasteiger partial charge in [-0.3, -0.25) is 19.4 Å². The Hall–Kier alpha value is -2.15. The van der Waals surface area contributed by atoms with Crippen molar-refractivity contribution in [2.24, 2.45) is 0 Å². The van der Waals surface area contributed by atoms with Gasteiger partial charge in [0.15, 0.2) is 6.61 Å². The molecule has 21 heavy (non-hydrogen) atoms. The number of esters is 1.